The fourth-order valence-corrected chi connectivity index (χ4v) is 50.9. The van der Waals surface area contributed by atoms with Gasteiger partial charge in [-0.15, -0.1) is 0 Å². The van der Waals surface area contributed by atoms with Gasteiger partial charge in [0.15, 0.2) is 0 Å². The van der Waals surface area contributed by atoms with E-state index in [-0.39, 0.29) is 10.8 Å². The average Bonchev–Trinajstić information content (AvgIpc) is 3.67. The molecule has 2 unspecified atom stereocenters. The van der Waals surface area contributed by atoms with Gasteiger partial charge < -0.3 is 0 Å². The number of hydrogen-bond acceptors (Lipinski definition) is 0. The Balaban J connectivity index is 1.60. The van der Waals surface area contributed by atoms with Crippen LogP contribution in [0.5, 0.6) is 0 Å². The van der Waals surface area contributed by atoms with Crippen molar-refractivity contribution < 1.29 is 14.2 Å². The normalized spacial score (nSPS) is 19.9. The number of allylic oxidation sites excluding steroid dienone is 2. The molecular weight excluding hydrogens is 759 g/mol. The van der Waals surface area contributed by atoms with Gasteiger partial charge in [-0.25, -0.2) is 0 Å². The third kappa shape index (κ3) is 4.53. The zero-order chi connectivity index (χ0) is 35.2. The molecule has 0 amide bonds. The van der Waals surface area contributed by atoms with Gasteiger partial charge in [0.1, 0.15) is 0 Å². The molecule has 0 bridgehead atoms. The first kappa shape index (κ1) is 35.3. The number of benzene rings is 4. The van der Waals surface area contributed by atoms with Crippen LogP contribution in [0.3, 0.4) is 0 Å². The molecule has 0 spiro atoms. The van der Waals surface area contributed by atoms with E-state index in [0.717, 1.165) is 0 Å². The van der Waals surface area contributed by atoms with Gasteiger partial charge in [-0.05, 0) is 0 Å². The van der Waals surface area contributed by atoms with E-state index in [1.807, 2.05) is 0 Å². The van der Waals surface area contributed by atoms with Crippen molar-refractivity contribution in [3.63, 3.8) is 0 Å². The standard InChI is InChI=1S/2C19H19.2C3H7.2CH3.Hf.H2Si/c2*1-19(2,3)16-10-4-9-15(13-16)18-12-6-8-14-7-5-11-17(14)18;2*1-3-2;;;;/h2*4-13H,1-3H3;2*3H,1-2H3;2*1H3;;1H2. The van der Waals surface area contributed by atoms with E-state index in [0.29, 0.717) is 14.7 Å². The summed E-state index contributed by atoms with van der Waals surface area (Å²) in [5.41, 5.74) is 14.3. The maximum absolute atomic E-state index is 5.26. The number of fused-ring (bicyclic) bond motifs is 2. The van der Waals surface area contributed by atoms with Crippen LogP contribution in [0.15, 0.2) is 97.1 Å². The summed E-state index contributed by atoms with van der Waals surface area (Å²) >= 11 is -5.26. The summed E-state index contributed by atoms with van der Waals surface area (Å²) in [5, 5.41) is 0. The van der Waals surface area contributed by atoms with Gasteiger partial charge in [-0.3, -0.25) is 0 Å². The van der Waals surface area contributed by atoms with Crippen LogP contribution in [-0.4, -0.2) is 6.94 Å². The summed E-state index contributed by atoms with van der Waals surface area (Å²) in [6.07, 6.45) is 10.4. The fraction of sp³-hybridized carbons (Fsp3) is 0.391. The zero-order valence-electron chi connectivity index (χ0n) is 31.9. The van der Waals surface area contributed by atoms with Crippen LogP contribution >= 0.6 is 0 Å². The molecule has 0 heterocycles. The molecule has 2 aliphatic rings. The second-order valence-electron chi connectivity index (χ2n) is 20.6. The summed E-state index contributed by atoms with van der Waals surface area (Å²) in [4.78, 5) is 0. The number of rotatable bonds is 6. The van der Waals surface area contributed by atoms with Crippen molar-refractivity contribution in [1.29, 1.82) is 0 Å². The first-order valence-electron chi connectivity index (χ1n) is 18.4. The van der Waals surface area contributed by atoms with Gasteiger partial charge in [0, 0.05) is 0 Å². The van der Waals surface area contributed by atoms with Crippen LogP contribution in [0, 0.1) is 0 Å². The first-order valence-corrected chi connectivity index (χ1v) is 42.2. The molecule has 0 saturated heterocycles. The topological polar surface area (TPSA) is 0 Å². The molecule has 0 N–H and O–H groups in total. The molecular formula is C46H60HfSi. The molecule has 0 aromatic heterocycles. The Kier molecular flexibility index (Phi) is 7.54. The Morgan fingerprint density at radius 2 is 0.896 bits per heavy atom. The van der Waals surface area contributed by atoms with Crippen LogP contribution in [0.4, 0.5) is 0 Å². The molecule has 0 nitrogen and oxygen atoms in total. The predicted molar refractivity (Wildman–Crippen MR) is 215 cm³/mol. The van der Waals surface area contributed by atoms with E-state index in [9.17, 15) is 0 Å². The minimum absolute atomic E-state index is 0.108. The maximum atomic E-state index is 2.88. The van der Waals surface area contributed by atoms with Crippen LogP contribution in [0.25, 0.3) is 34.4 Å². The van der Waals surface area contributed by atoms with Gasteiger partial charge in [0.2, 0.25) is 0 Å². The van der Waals surface area contributed by atoms with Crippen molar-refractivity contribution in [2.45, 2.75) is 104 Å². The molecule has 4 aromatic carbocycles. The summed E-state index contributed by atoms with van der Waals surface area (Å²) in [5.74, 6) is 0. The Morgan fingerprint density at radius 3 is 1.23 bits per heavy atom. The molecule has 0 fully saturated rings. The third-order valence-corrected chi connectivity index (χ3v) is 96.7. The van der Waals surface area contributed by atoms with Gasteiger partial charge in [-0.2, -0.15) is 0 Å². The molecule has 2 heteroatoms. The van der Waals surface area contributed by atoms with Gasteiger partial charge in [0.25, 0.3) is 0 Å². The fourth-order valence-electron chi connectivity index (χ4n) is 10.0. The van der Waals surface area contributed by atoms with E-state index in [1.54, 1.807) is 0 Å². The zero-order valence-corrected chi connectivity index (χ0v) is 36.9. The molecule has 0 radical (unpaired) electrons. The molecule has 2 aliphatic carbocycles. The van der Waals surface area contributed by atoms with E-state index in [4.69, 9.17) is 0 Å². The SMILES string of the molecule is C[CH](C)[Hf]([CH3])([CH3])(=[SiH2])([CH](C)C)([CH]1C=Cc2c(-c3cccc(C(C)(C)C)c3)cccc21)[CH]1C=Cc2c(-c3cccc(C(C)(C)C)c3)cccc21. The monoisotopic (exact) mass is 820 g/mol. The summed E-state index contributed by atoms with van der Waals surface area (Å²) in [7, 11) is 0. The predicted octanol–water partition coefficient (Wildman–Crippen LogP) is 13.5. The molecule has 6 rings (SSSR count). The number of hydrogen-bond donors (Lipinski definition) is 0. The molecule has 4 aromatic rings. The van der Waals surface area contributed by atoms with Crippen LogP contribution in [-0.2, 0) is 25.0 Å². The van der Waals surface area contributed by atoms with E-state index in [1.165, 1.54) is 55.6 Å². The van der Waals surface area contributed by atoms with Crippen LogP contribution < -0.4 is 0 Å². The van der Waals surface area contributed by atoms with Crippen molar-refractivity contribution in [3.05, 3.63) is 130 Å². The Morgan fingerprint density at radius 1 is 0.542 bits per heavy atom. The quantitative estimate of drug-likeness (QED) is 0.170. The first-order chi connectivity index (χ1) is 22.1. The average molecular weight is 820 g/mol. The van der Waals surface area contributed by atoms with E-state index in [2.05, 4.69) is 195 Å². The van der Waals surface area contributed by atoms with Crippen molar-refractivity contribution in [3.8, 4) is 22.3 Å². The Hall–Kier alpha value is -2.55. The van der Waals surface area contributed by atoms with Crippen molar-refractivity contribution in [2.24, 2.45) is 0 Å². The van der Waals surface area contributed by atoms with Crippen LogP contribution in [0.2, 0.25) is 16.7 Å². The second kappa shape index (κ2) is 10.3. The Labute approximate surface area is 288 Å². The molecule has 252 valence electrons. The minimum atomic E-state index is -5.26. The molecule has 0 aliphatic heterocycles. The van der Waals surface area contributed by atoms with E-state index < -0.39 is 14.2 Å². The third-order valence-electron chi connectivity index (χ3n) is 15.8. The van der Waals surface area contributed by atoms with E-state index >= 15 is 0 Å². The summed E-state index contributed by atoms with van der Waals surface area (Å²) in [6, 6.07) is 32.9. The molecule has 2 atom stereocenters. The van der Waals surface area contributed by atoms with Gasteiger partial charge in [0.05, 0.1) is 0 Å². The van der Waals surface area contributed by atoms with Gasteiger partial charge in [-0.1, -0.05) is 0 Å². The van der Waals surface area contributed by atoms with Gasteiger partial charge >= 0.3 is 290 Å². The van der Waals surface area contributed by atoms with Crippen molar-refractivity contribution in [1.82, 2.24) is 0 Å². The van der Waals surface area contributed by atoms with Crippen LogP contribution in [0.1, 0.15) is 110 Å². The van der Waals surface area contributed by atoms with Crippen molar-refractivity contribution >= 4 is 19.1 Å². The Bertz CT molecular complexity index is 2000. The molecule has 48 heavy (non-hydrogen) atoms. The second-order valence-corrected chi connectivity index (χ2v) is 96.6. The van der Waals surface area contributed by atoms with Crippen molar-refractivity contribution in [2.75, 3.05) is 0 Å². The molecule has 0 saturated carbocycles. The summed E-state index contributed by atoms with van der Waals surface area (Å²) in [6.45, 7) is 26.8. The summed E-state index contributed by atoms with van der Waals surface area (Å²) < 4.78 is 7.56.